The number of ketones is 2. The molecular formula is C16H24NO4-. The molecule has 1 aliphatic rings. The van der Waals surface area contributed by atoms with E-state index in [0.29, 0.717) is 25.8 Å². The van der Waals surface area contributed by atoms with Crippen LogP contribution in [0, 0.1) is 5.92 Å². The first-order valence-electron chi connectivity index (χ1n) is 7.84. The lowest BCUT2D eigenvalue weighted by molar-refractivity contribution is -0.305. The molecule has 0 saturated heterocycles. The topological polar surface area (TPSA) is 86.6 Å². The van der Waals surface area contributed by atoms with Gasteiger partial charge in [-0.15, -0.1) is 0 Å². The predicted octanol–water partition coefficient (Wildman–Crippen LogP) is 1.48. The number of carbonyl (C=O) groups is 3. The first-order valence-corrected chi connectivity index (χ1v) is 7.84. The normalized spacial score (nSPS) is 20.7. The number of Topliss-reactive ketones (excluding diaryl/α,β-unsaturated/α-hetero) is 2. The summed E-state index contributed by atoms with van der Waals surface area (Å²) in [4.78, 5) is 38.7. The Bertz CT molecular complexity index is 415. The molecule has 5 heteroatoms. The van der Waals surface area contributed by atoms with Crippen molar-refractivity contribution in [3.63, 3.8) is 0 Å². The van der Waals surface area contributed by atoms with Crippen LogP contribution in [-0.4, -0.2) is 29.8 Å². The smallest absolute Gasteiger partial charge is 0.149 e. The average Bonchev–Trinajstić information content (AvgIpc) is 2.42. The third-order valence-corrected chi connectivity index (χ3v) is 3.68. The van der Waals surface area contributed by atoms with Gasteiger partial charge in [-0.3, -0.25) is 14.6 Å². The summed E-state index contributed by atoms with van der Waals surface area (Å²) in [5.74, 6) is -1.63. The van der Waals surface area contributed by atoms with Gasteiger partial charge in [-0.1, -0.05) is 13.3 Å². The van der Waals surface area contributed by atoms with Crippen LogP contribution >= 0.6 is 0 Å². The van der Waals surface area contributed by atoms with Crippen LogP contribution in [0.1, 0.15) is 64.7 Å². The Balaban J connectivity index is 2.48. The van der Waals surface area contributed by atoms with Gasteiger partial charge in [0.25, 0.3) is 0 Å². The highest BCUT2D eigenvalue weighted by atomic mass is 16.4. The second kappa shape index (κ2) is 9.42. The number of rotatable bonds is 9. The first kappa shape index (κ1) is 17.5. The molecular weight excluding hydrogens is 270 g/mol. The molecule has 0 radical (unpaired) electrons. The highest BCUT2D eigenvalue weighted by Gasteiger charge is 2.33. The van der Waals surface area contributed by atoms with Gasteiger partial charge in [0.05, 0.1) is 0 Å². The van der Waals surface area contributed by atoms with Crippen LogP contribution < -0.4 is 5.11 Å². The van der Waals surface area contributed by atoms with Gasteiger partial charge in [0, 0.05) is 31.1 Å². The maximum Gasteiger partial charge on any atom is 0.149 e. The zero-order chi connectivity index (χ0) is 15.7. The van der Waals surface area contributed by atoms with Gasteiger partial charge in [-0.25, -0.2) is 0 Å². The lowest BCUT2D eigenvalue weighted by Crippen LogP contribution is -2.35. The number of aliphatic carboxylic acids is 1. The van der Waals surface area contributed by atoms with Crippen molar-refractivity contribution < 1.29 is 19.5 Å². The monoisotopic (exact) mass is 294 g/mol. The quantitative estimate of drug-likeness (QED) is 0.476. The van der Waals surface area contributed by atoms with Crippen molar-refractivity contribution in [1.29, 1.82) is 0 Å². The summed E-state index contributed by atoms with van der Waals surface area (Å²) in [6.45, 7) is 2.49. The number of nitrogens with zero attached hydrogens (tertiary/aromatic N) is 1. The summed E-state index contributed by atoms with van der Waals surface area (Å²) in [6.07, 6.45) is 5.37. The molecule has 118 valence electrons. The molecule has 0 aromatic heterocycles. The second-order valence-corrected chi connectivity index (χ2v) is 5.52. The van der Waals surface area contributed by atoms with Gasteiger partial charge in [0.15, 0.2) is 0 Å². The highest BCUT2D eigenvalue weighted by molar-refractivity contribution is 6.22. The lowest BCUT2D eigenvalue weighted by Gasteiger charge is -2.22. The molecule has 0 bridgehead atoms. The summed E-state index contributed by atoms with van der Waals surface area (Å²) in [5.41, 5.74) is 0.740. The lowest BCUT2D eigenvalue weighted by atomic mass is 9.82. The van der Waals surface area contributed by atoms with E-state index in [1.54, 1.807) is 0 Å². The van der Waals surface area contributed by atoms with E-state index in [2.05, 4.69) is 4.99 Å². The summed E-state index contributed by atoms with van der Waals surface area (Å²) in [7, 11) is 0. The molecule has 0 aliphatic heterocycles. The Kier molecular flexibility index (Phi) is 7.87. The van der Waals surface area contributed by atoms with Crippen molar-refractivity contribution in [2.45, 2.75) is 64.7 Å². The molecule has 1 fully saturated rings. The number of carbonyl (C=O) groups excluding carboxylic acids is 3. The van der Waals surface area contributed by atoms with E-state index in [-0.39, 0.29) is 18.0 Å². The molecule has 0 heterocycles. The molecule has 1 saturated carbocycles. The van der Waals surface area contributed by atoms with Gasteiger partial charge in [0.1, 0.15) is 17.5 Å². The number of hydrogen-bond acceptors (Lipinski definition) is 5. The van der Waals surface area contributed by atoms with Gasteiger partial charge in [-0.2, -0.15) is 0 Å². The summed E-state index contributed by atoms with van der Waals surface area (Å²) in [5, 5.41) is 10.3. The van der Waals surface area contributed by atoms with Crippen molar-refractivity contribution >= 4 is 23.2 Å². The molecule has 0 spiro atoms. The van der Waals surface area contributed by atoms with E-state index < -0.39 is 11.9 Å². The SMILES string of the molecule is CCCC(=O)[C@H]1C(=O)CCCC1=NCCCCCC(=O)[O-]. The number of carboxylic acids is 1. The molecule has 0 amide bonds. The fraction of sp³-hybridized carbons (Fsp3) is 0.750. The summed E-state index contributed by atoms with van der Waals surface area (Å²) in [6, 6.07) is 0. The van der Waals surface area contributed by atoms with Crippen LogP contribution in [0.25, 0.3) is 0 Å². The summed E-state index contributed by atoms with van der Waals surface area (Å²) < 4.78 is 0. The van der Waals surface area contributed by atoms with Crippen LogP contribution in [0.15, 0.2) is 4.99 Å². The minimum Gasteiger partial charge on any atom is -0.550 e. The van der Waals surface area contributed by atoms with Crippen LogP contribution in [0.5, 0.6) is 0 Å². The van der Waals surface area contributed by atoms with E-state index in [0.717, 1.165) is 37.8 Å². The van der Waals surface area contributed by atoms with Crippen molar-refractivity contribution in [1.82, 2.24) is 0 Å². The maximum atomic E-state index is 12.1. The third kappa shape index (κ3) is 6.19. The number of carboxylic acid groups (broad SMARTS) is 1. The third-order valence-electron chi connectivity index (χ3n) is 3.68. The van der Waals surface area contributed by atoms with E-state index in [4.69, 9.17) is 0 Å². The number of hydrogen-bond donors (Lipinski definition) is 0. The molecule has 0 aromatic rings. The van der Waals surface area contributed by atoms with Crippen LogP contribution in [-0.2, 0) is 14.4 Å². The van der Waals surface area contributed by atoms with Crippen molar-refractivity contribution in [2.75, 3.05) is 6.54 Å². The Hall–Kier alpha value is -1.52. The minimum absolute atomic E-state index is 0.00194. The molecule has 21 heavy (non-hydrogen) atoms. The second-order valence-electron chi connectivity index (χ2n) is 5.52. The molecule has 5 nitrogen and oxygen atoms in total. The molecule has 0 N–H and O–H groups in total. The van der Waals surface area contributed by atoms with E-state index in [1.807, 2.05) is 6.92 Å². The molecule has 0 aromatic carbocycles. The van der Waals surface area contributed by atoms with Crippen LogP contribution in [0.4, 0.5) is 0 Å². The number of unbranched alkanes of at least 4 members (excludes halogenated alkanes) is 2. The van der Waals surface area contributed by atoms with Crippen molar-refractivity contribution in [2.24, 2.45) is 10.9 Å². The van der Waals surface area contributed by atoms with Gasteiger partial charge in [0.2, 0.25) is 0 Å². The Morgan fingerprint density at radius 3 is 2.62 bits per heavy atom. The average molecular weight is 294 g/mol. The van der Waals surface area contributed by atoms with Gasteiger partial charge >= 0.3 is 0 Å². The summed E-state index contributed by atoms with van der Waals surface area (Å²) >= 11 is 0. The van der Waals surface area contributed by atoms with Crippen LogP contribution in [0.2, 0.25) is 0 Å². The van der Waals surface area contributed by atoms with Gasteiger partial charge in [-0.05, 0) is 38.5 Å². The standard InChI is InChI=1S/C16H25NO4/c1-2-7-13(18)16-12(8-6-9-14(16)19)17-11-5-3-4-10-15(20)21/h16H,2-11H2,1H3,(H,20,21)/p-1/t16-/m0/s1. The fourth-order valence-corrected chi connectivity index (χ4v) is 2.63. The molecule has 1 atom stereocenters. The Morgan fingerprint density at radius 2 is 1.95 bits per heavy atom. The maximum absolute atomic E-state index is 12.1. The zero-order valence-corrected chi connectivity index (χ0v) is 12.7. The zero-order valence-electron chi connectivity index (χ0n) is 12.7. The van der Waals surface area contributed by atoms with Crippen molar-refractivity contribution in [3.05, 3.63) is 0 Å². The van der Waals surface area contributed by atoms with Gasteiger partial charge < -0.3 is 9.90 Å². The number of aliphatic imine (C=N–C) groups is 1. The Morgan fingerprint density at radius 1 is 1.19 bits per heavy atom. The molecule has 1 aliphatic carbocycles. The van der Waals surface area contributed by atoms with Crippen molar-refractivity contribution in [3.8, 4) is 0 Å². The largest absolute Gasteiger partial charge is 0.550 e. The molecule has 1 rings (SSSR count). The predicted molar refractivity (Wildman–Crippen MR) is 78.0 cm³/mol. The minimum atomic E-state index is -1.02. The van der Waals surface area contributed by atoms with E-state index >= 15 is 0 Å². The highest BCUT2D eigenvalue weighted by Crippen LogP contribution is 2.21. The van der Waals surface area contributed by atoms with Crippen LogP contribution in [0.3, 0.4) is 0 Å². The van der Waals surface area contributed by atoms with E-state index in [1.165, 1.54) is 0 Å². The first-order chi connectivity index (χ1) is 10.1. The Labute approximate surface area is 125 Å². The fourth-order valence-electron chi connectivity index (χ4n) is 2.63. The molecule has 0 unspecified atom stereocenters. The van der Waals surface area contributed by atoms with E-state index in [9.17, 15) is 19.5 Å².